The van der Waals surface area contributed by atoms with Crippen LogP contribution in [0.2, 0.25) is 0 Å². The average molecular weight is 253 g/mol. The lowest BCUT2D eigenvalue weighted by Crippen LogP contribution is -2.47. The van der Waals surface area contributed by atoms with Gasteiger partial charge in [0.1, 0.15) is 0 Å². The number of amides is 1. The van der Waals surface area contributed by atoms with Crippen molar-refractivity contribution in [2.24, 2.45) is 0 Å². The van der Waals surface area contributed by atoms with Gasteiger partial charge in [0.15, 0.2) is 0 Å². The molecule has 1 aromatic heterocycles. The number of aromatic amines is 1. The van der Waals surface area contributed by atoms with Crippen LogP contribution in [0.5, 0.6) is 0 Å². The smallest absolute Gasteiger partial charge is 0.305 e. The highest BCUT2D eigenvalue weighted by Crippen LogP contribution is 2.18. The first-order valence-corrected chi connectivity index (χ1v) is 5.71. The number of carbonyl (C=O) groups is 2. The van der Waals surface area contributed by atoms with Gasteiger partial charge in [-0.3, -0.25) is 14.7 Å². The first kappa shape index (κ1) is 14.2. The van der Waals surface area contributed by atoms with E-state index >= 15 is 0 Å². The number of likely N-dealkylation sites (N-methyl/N-ethyl adjacent to an activating group) is 1. The molecule has 0 bridgehead atoms. The molecule has 100 valence electrons. The number of nitrogens with one attached hydrogen (secondary N) is 1. The second-order valence-corrected chi connectivity index (χ2v) is 5.03. The molecule has 2 N–H and O–H groups in total. The molecule has 0 aliphatic heterocycles. The molecule has 6 nitrogen and oxygen atoms in total. The van der Waals surface area contributed by atoms with E-state index in [2.05, 4.69) is 10.2 Å². The Balaban J connectivity index is 2.72. The fraction of sp³-hybridized carbons (Fsp3) is 0.583. The van der Waals surface area contributed by atoms with E-state index in [-0.39, 0.29) is 18.7 Å². The Hall–Kier alpha value is -1.85. The highest BCUT2D eigenvalue weighted by molar-refractivity contribution is 5.80. The Morgan fingerprint density at radius 1 is 1.50 bits per heavy atom. The SMILES string of the molecule is Cc1[nH]ncc1CC(=O)N(C)C(C)(C)CC(=O)O. The van der Waals surface area contributed by atoms with Gasteiger partial charge in [0.05, 0.1) is 19.0 Å². The van der Waals surface area contributed by atoms with Crippen molar-refractivity contribution in [2.75, 3.05) is 7.05 Å². The molecule has 0 unspecified atom stereocenters. The molecular formula is C12H19N3O3. The first-order chi connectivity index (χ1) is 8.24. The fourth-order valence-electron chi connectivity index (χ4n) is 1.66. The second kappa shape index (κ2) is 5.20. The van der Waals surface area contributed by atoms with Crippen LogP contribution in [0.4, 0.5) is 0 Å². The van der Waals surface area contributed by atoms with E-state index in [1.165, 1.54) is 4.90 Å². The van der Waals surface area contributed by atoms with Gasteiger partial charge in [-0.15, -0.1) is 0 Å². The van der Waals surface area contributed by atoms with E-state index in [9.17, 15) is 9.59 Å². The predicted octanol–water partition coefficient (Wildman–Crippen LogP) is 0.972. The number of nitrogens with zero attached hydrogens (tertiary/aromatic N) is 2. The van der Waals surface area contributed by atoms with Gasteiger partial charge in [0, 0.05) is 23.8 Å². The number of hydrogen-bond donors (Lipinski definition) is 2. The lowest BCUT2D eigenvalue weighted by molar-refractivity contribution is -0.142. The summed E-state index contributed by atoms with van der Waals surface area (Å²) in [5.41, 5.74) is 0.978. The molecule has 0 fully saturated rings. The van der Waals surface area contributed by atoms with Crippen LogP contribution >= 0.6 is 0 Å². The monoisotopic (exact) mass is 253 g/mol. The quantitative estimate of drug-likeness (QED) is 0.818. The summed E-state index contributed by atoms with van der Waals surface area (Å²) in [4.78, 5) is 24.3. The maximum absolute atomic E-state index is 12.1. The van der Waals surface area contributed by atoms with Crippen LogP contribution in [-0.2, 0) is 16.0 Å². The zero-order chi connectivity index (χ0) is 13.9. The number of hydrogen-bond acceptors (Lipinski definition) is 3. The normalized spacial score (nSPS) is 11.3. The summed E-state index contributed by atoms with van der Waals surface area (Å²) in [6.45, 7) is 5.32. The molecule has 0 spiro atoms. The van der Waals surface area contributed by atoms with Crippen LogP contribution in [-0.4, -0.2) is 44.7 Å². The summed E-state index contributed by atoms with van der Waals surface area (Å²) in [5, 5.41) is 15.5. The van der Waals surface area contributed by atoms with Crippen LogP contribution in [0.25, 0.3) is 0 Å². The third-order valence-corrected chi connectivity index (χ3v) is 3.14. The summed E-state index contributed by atoms with van der Waals surface area (Å²) < 4.78 is 0. The van der Waals surface area contributed by atoms with Gasteiger partial charge in [-0.05, 0) is 20.8 Å². The summed E-state index contributed by atoms with van der Waals surface area (Å²) >= 11 is 0. The molecule has 1 rings (SSSR count). The summed E-state index contributed by atoms with van der Waals surface area (Å²) in [5.74, 6) is -1.04. The average Bonchev–Trinajstić information content (AvgIpc) is 2.61. The molecule has 0 saturated heterocycles. The molecule has 0 aromatic carbocycles. The number of aromatic nitrogens is 2. The maximum atomic E-state index is 12.1. The van der Waals surface area contributed by atoms with Crippen LogP contribution in [0.1, 0.15) is 31.5 Å². The number of rotatable bonds is 5. The summed E-state index contributed by atoms with van der Waals surface area (Å²) in [7, 11) is 1.63. The topological polar surface area (TPSA) is 86.3 Å². The van der Waals surface area contributed by atoms with Crippen molar-refractivity contribution >= 4 is 11.9 Å². The number of H-pyrrole nitrogens is 1. The van der Waals surface area contributed by atoms with E-state index in [4.69, 9.17) is 5.11 Å². The van der Waals surface area contributed by atoms with E-state index in [0.717, 1.165) is 11.3 Å². The Bertz CT molecular complexity index is 451. The molecule has 0 radical (unpaired) electrons. The lowest BCUT2D eigenvalue weighted by atomic mass is 9.98. The predicted molar refractivity (Wildman–Crippen MR) is 66.1 cm³/mol. The minimum atomic E-state index is -0.917. The van der Waals surface area contributed by atoms with E-state index in [1.54, 1.807) is 27.1 Å². The highest BCUT2D eigenvalue weighted by Gasteiger charge is 2.30. The second-order valence-electron chi connectivity index (χ2n) is 5.03. The largest absolute Gasteiger partial charge is 0.481 e. The Morgan fingerprint density at radius 2 is 2.11 bits per heavy atom. The molecule has 0 aliphatic rings. The molecule has 6 heteroatoms. The summed E-state index contributed by atoms with van der Waals surface area (Å²) in [6, 6.07) is 0. The van der Waals surface area contributed by atoms with Crippen molar-refractivity contribution in [3.05, 3.63) is 17.5 Å². The lowest BCUT2D eigenvalue weighted by Gasteiger charge is -2.34. The third kappa shape index (κ3) is 3.32. The van der Waals surface area contributed by atoms with Gasteiger partial charge < -0.3 is 10.0 Å². The molecule has 1 amide bonds. The van der Waals surface area contributed by atoms with Crippen molar-refractivity contribution in [2.45, 2.75) is 39.2 Å². The van der Waals surface area contributed by atoms with Crippen molar-refractivity contribution in [1.29, 1.82) is 0 Å². The van der Waals surface area contributed by atoms with Crippen molar-refractivity contribution in [3.8, 4) is 0 Å². The molecule has 18 heavy (non-hydrogen) atoms. The molecular weight excluding hydrogens is 234 g/mol. The van der Waals surface area contributed by atoms with E-state index in [1.807, 2.05) is 6.92 Å². The van der Waals surface area contributed by atoms with Crippen LogP contribution in [0.15, 0.2) is 6.20 Å². The maximum Gasteiger partial charge on any atom is 0.305 e. The Morgan fingerprint density at radius 3 is 2.56 bits per heavy atom. The minimum Gasteiger partial charge on any atom is -0.481 e. The van der Waals surface area contributed by atoms with Crippen molar-refractivity contribution in [1.82, 2.24) is 15.1 Å². The van der Waals surface area contributed by atoms with Crippen molar-refractivity contribution < 1.29 is 14.7 Å². The van der Waals surface area contributed by atoms with Gasteiger partial charge in [-0.25, -0.2) is 0 Å². The van der Waals surface area contributed by atoms with Gasteiger partial charge in [-0.2, -0.15) is 5.10 Å². The molecule has 0 saturated carbocycles. The highest BCUT2D eigenvalue weighted by atomic mass is 16.4. The molecule has 0 atom stereocenters. The Kier molecular flexibility index (Phi) is 4.11. The molecule has 0 aliphatic carbocycles. The van der Waals surface area contributed by atoms with Crippen LogP contribution in [0, 0.1) is 6.92 Å². The third-order valence-electron chi connectivity index (χ3n) is 3.14. The zero-order valence-corrected chi connectivity index (χ0v) is 11.1. The van der Waals surface area contributed by atoms with E-state index < -0.39 is 11.5 Å². The van der Waals surface area contributed by atoms with Gasteiger partial charge >= 0.3 is 5.97 Å². The van der Waals surface area contributed by atoms with Crippen LogP contribution in [0.3, 0.4) is 0 Å². The first-order valence-electron chi connectivity index (χ1n) is 5.71. The van der Waals surface area contributed by atoms with Gasteiger partial charge in [-0.1, -0.05) is 0 Å². The van der Waals surface area contributed by atoms with Crippen LogP contribution < -0.4 is 0 Å². The Labute approximate surface area is 106 Å². The minimum absolute atomic E-state index is 0.0837. The molecule has 1 heterocycles. The number of carboxylic acids is 1. The zero-order valence-electron chi connectivity index (χ0n) is 11.1. The van der Waals surface area contributed by atoms with E-state index in [0.29, 0.717) is 0 Å². The number of aryl methyl sites for hydroxylation is 1. The van der Waals surface area contributed by atoms with Crippen molar-refractivity contribution in [3.63, 3.8) is 0 Å². The van der Waals surface area contributed by atoms with Gasteiger partial charge in [0.2, 0.25) is 5.91 Å². The number of carbonyl (C=O) groups excluding carboxylic acids is 1. The molecule has 1 aromatic rings. The fourth-order valence-corrected chi connectivity index (χ4v) is 1.66. The standard InChI is InChI=1S/C12H19N3O3/c1-8-9(7-13-14-8)5-10(16)15(4)12(2,3)6-11(17)18/h7H,5-6H2,1-4H3,(H,13,14)(H,17,18). The summed E-state index contributed by atoms with van der Waals surface area (Å²) in [6.07, 6.45) is 1.76. The number of carboxylic acid groups (broad SMARTS) is 1. The number of aliphatic carboxylic acids is 1. The van der Waals surface area contributed by atoms with Gasteiger partial charge in [0.25, 0.3) is 0 Å².